The fourth-order valence-electron chi connectivity index (χ4n) is 4.84. The van der Waals surface area contributed by atoms with Gasteiger partial charge in [0.15, 0.2) is 5.82 Å². The fraction of sp³-hybridized carbons (Fsp3) is 0.636. The van der Waals surface area contributed by atoms with Crippen molar-refractivity contribution >= 4 is 35.1 Å². The molecule has 2 aromatic heterocycles. The Kier molecular flexibility index (Phi) is 5.82. The summed E-state index contributed by atoms with van der Waals surface area (Å²) in [4.78, 5) is 23.2. The van der Waals surface area contributed by atoms with Gasteiger partial charge in [0.1, 0.15) is 5.02 Å². The third-order valence-corrected chi connectivity index (χ3v) is 6.74. The van der Waals surface area contributed by atoms with Crippen LogP contribution in [0.2, 0.25) is 5.02 Å². The third kappa shape index (κ3) is 5.50. The number of fused-ring (bicyclic) bond motifs is 1. The molecule has 1 saturated heterocycles. The van der Waals surface area contributed by atoms with E-state index in [1.54, 1.807) is 37.1 Å². The lowest BCUT2D eigenvalue weighted by atomic mass is 10.0. The van der Waals surface area contributed by atoms with Gasteiger partial charge in [0, 0.05) is 31.4 Å². The zero-order chi connectivity index (χ0) is 23.2. The molecule has 2 saturated carbocycles. The Morgan fingerprint density at radius 2 is 1.94 bits per heavy atom. The molecule has 2 aliphatic carbocycles. The number of amides is 2. The molecule has 33 heavy (non-hydrogen) atoms. The first-order valence-electron chi connectivity index (χ1n) is 11.6. The number of nitrogens with zero attached hydrogens (tertiary/aromatic N) is 5. The minimum atomic E-state index is -0.852. The number of hydrogen-bond donors (Lipinski definition) is 4. The monoisotopic (exact) mass is 474 g/mol. The number of rotatable bonds is 7. The summed E-state index contributed by atoms with van der Waals surface area (Å²) < 4.78 is 1.67. The topological polar surface area (TPSA) is 120 Å². The molecule has 0 aromatic carbocycles. The molecule has 0 bridgehead atoms. The van der Waals surface area contributed by atoms with E-state index in [4.69, 9.17) is 11.6 Å². The number of anilines is 3. The first-order valence-corrected chi connectivity index (χ1v) is 12.0. The van der Waals surface area contributed by atoms with E-state index in [1.165, 1.54) is 0 Å². The van der Waals surface area contributed by atoms with Crippen molar-refractivity contribution in [3.05, 3.63) is 23.6 Å². The Morgan fingerprint density at radius 1 is 1.21 bits per heavy atom. The molecule has 5 rings (SSSR count). The van der Waals surface area contributed by atoms with Crippen LogP contribution < -0.4 is 16.0 Å². The maximum atomic E-state index is 12.3. The van der Waals surface area contributed by atoms with Gasteiger partial charge in [-0.3, -0.25) is 4.68 Å². The van der Waals surface area contributed by atoms with Crippen LogP contribution in [0.5, 0.6) is 0 Å². The minimum absolute atomic E-state index is 0.0943. The molecule has 0 radical (unpaired) electrons. The molecule has 2 aromatic rings. The number of carbonyl (C=O) groups excluding carboxylic acids is 1. The summed E-state index contributed by atoms with van der Waals surface area (Å²) in [6.07, 6.45) is 9.25. The number of halogens is 1. The number of nitrogens with one attached hydrogen (secondary N) is 3. The van der Waals surface area contributed by atoms with E-state index < -0.39 is 5.60 Å². The van der Waals surface area contributed by atoms with Crippen LogP contribution in [0.4, 0.5) is 22.2 Å². The van der Waals surface area contributed by atoms with Gasteiger partial charge in [0.05, 0.1) is 30.2 Å². The second-order valence-electron chi connectivity index (χ2n) is 10.2. The predicted molar refractivity (Wildman–Crippen MR) is 126 cm³/mol. The van der Waals surface area contributed by atoms with E-state index in [1.807, 2.05) is 4.90 Å². The van der Waals surface area contributed by atoms with E-state index in [0.29, 0.717) is 41.2 Å². The quantitative estimate of drug-likeness (QED) is 0.487. The van der Waals surface area contributed by atoms with Crippen LogP contribution >= 0.6 is 11.6 Å². The molecule has 0 spiro atoms. The van der Waals surface area contributed by atoms with Gasteiger partial charge >= 0.3 is 6.03 Å². The summed E-state index contributed by atoms with van der Waals surface area (Å²) in [6.45, 7) is 5.49. The summed E-state index contributed by atoms with van der Waals surface area (Å²) in [6, 6.07) is 0.756. The lowest BCUT2D eigenvalue weighted by Gasteiger charge is -2.21. The van der Waals surface area contributed by atoms with Crippen molar-refractivity contribution in [2.24, 2.45) is 11.8 Å². The smallest absolute Gasteiger partial charge is 0.317 e. The van der Waals surface area contributed by atoms with Crippen molar-refractivity contribution in [3.8, 4) is 0 Å². The number of carbonyl (C=O) groups is 1. The molecule has 2 unspecified atom stereocenters. The number of likely N-dealkylation sites (tertiary alicyclic amines) is 1. The standard InChI is InChI=1S/C22H31ClN8O2/c1-22(2,33)12-31-11-17(7-25-31)27-20-24-8-18(23)19(29-20)26-16-5-13-9-30(10-14(13)6-16)21(32)28-15-3-4-15/h7-8,11,13-16,33H,3-6,9-10,12H2,1-2H3,(H,28,32)(H2,24,26,27,29). The first-order chi connectivity index (χ1) is 15.7. The van der Waals surface area contributed by atoms with Gasteiger partial charge in [-0.15, -0.1) is 0 Å². The van der Waals surface area contributed by atoms with Gasteiger partial charge in [0.25, 0.3) is 0 Å². The van der Waals surface area contributed by atoms with E-state index in [0.717, 1.165) is 44.5 Å². The van der Waals surface area contributed by atoms with Crippen molar-refractivity contribution in [3.63, 3.8) is 0 Å². The van der Waals surface area contributed by atoms with Gasteiger partial charge in [-0.05, 0) is 51.4 Å². The Bertz CT molecular complexity index is 1000. The van der Waals surface area contributed by atoms with Crippen molar-refractivity contribution in [2.45, 2.75) is 63.8 Å². The van der Waals surface area contributed by atoms with Crippen molar-refractivity contribution < 1.29 is 9.90 Å². The van der Waals surface area contributed by atoms with Crippen molar-refractivity contribution in [1.29, 1.82) is 0 Å². The first kappa shape index (κ1) is 22.2. The summed E-state index contributed by atoms with van der Waals surface area (Å²) in [5.74, 6) is 2.04. The van der Waals surface area contributed by atoms with Gasteiger partial charge in [-0.2, -0.15) is 10.1 Å². The lowest BCUT2D eigenvalue weighted by molar-refractivity contribution is 0.0577. The third-order valence-electron chi connectivity index (χ3n) is 6.47. The molecule has 2 atom stereocenters. The maximum Gasteiger partial charge on any atom is 0.317 e. The van der Waals surface area contributed by atoms with Gasteiger partial charge in [0.2, 0.25) is 5.95 Å². The number of urea groups is 1. The van der Waals surface area contributed by atoms with Gasteiger partial charge in [-0.25, -0.2) is 9.78 Å². The normalized spacial score (nSPS) is 24.6. The highest BCUT2D eigenvalue weighted by molar-refractivity contribution is 6.32. The molecule has 10 nitrogen and oxygen atoms in total. The molecular weight excluding hydrogens is 444 g/mol. The molecule has 2 amide bonds. The zero-order valence-corrected chi connectivity index (χ0v) is 19.7. The van der Waals surface area contributed by atoms with Crippen LogP contribution in [0.1, 0.15) is 39.5 Å². The molecule has 3 heterocycles. The number of hydrogen-bond acceptors (Lipinski definition) is 7. The van der Waals surface area contributed by atoms with E-state index >= 15 is 0 Å². The zero-order valence-electron chi connectivity index (χ0n) is 19.0. The summed E-state index contributed by atoms with van der Waals surface area (Å²) in [5, 5.41) is 24.4. The highest BCUT2D eigenvalue weighted by Crippen LogP contribution is 2.40. The molecular formula is C22H31ClN8O2. The highest BCUT2D eigenvalue weighted by Gasteiger charge is 2.43. The molecule has 1 aliphatic heterocycles. The summed E-state index contributed by atoms with van der Waals surface area (Å²) >= 11 is 6.37. The van der Waals surface area contributed by atoms with Crippen LogP contribution in [-0.4, -0.2) is 66.6 Å². The second kappa shape index (κ2) is 8.64. The average Bonchev–Trinajstić information content (AvgIpc) is 3.11. The molecule has 3 aliphatic rings. The Morgan fingerprint density at radius 3 is 2.61 bits per heavy atom. The average molecular weight is 475 g/mol. The minimum Gasteiger partial charge on any atom is -0.389 e. The van der Waals surface area contributed by atoms with Crippen LogP contribution in [-0.2, 0) is 6.54 Å². The van der Waals surface area contributed by atoms with Crippen LogP contribution in [0.15, 0.2) is 18.6 Å². The van der Waals surface area contributed by atoms with E-state index in [2.05, 4.69) is 31.0 Å². The number of aromatic nitrogens is 4. The second-order valence-corrected chi connectivity index (χ2v) is 10.6. The lowest BCUT2D eigenvalue weighted by Crippen LogP contribution is -2.40. The molecule has 11 heteroatoms. The molecule has 178 valence electrons. The van der Waals surface area contributed by atoms with Gasteiger partial charge in [-0.1, -0.05) is 11.6 Å². The Labute approximate surface area is 198 Å². The Balaban J connectivity index is 1.17. The van der Waals surface area contributed by atoms with Crippen molar-refractivity contribution in [2.75, 3.05) is 23.7 Å². The van der Waals surface area contributed by atoms with Crippen LogP contribution in [0.3, 0.4) is 0 Å². The fourth-order valence-corrected chi connectivity index (χ4v) is 4.98. The molecule has 3 fully saturated rings. The van der Waals surface area contributed by atoms with Crippen molar-refractivity contribution in [1.82, 2.24) is 30.0 Å². The predicted octanol–water partition coefficient (Wildman–Crippen LogP) is 2.84. The SMILES string of the molecule is CC(C)(O)Cn1cc(Nc2ncc(Cl)c(NC3CC4CN(C(=O)NC5CC5)CC4C3)n2)cn1. The maximum absolute atomic E-state index is 12.3. The van der Waals surface area contributed by atoms with E-state index in [9.17, 15) is 9.90 Å². The van der Waals surface area contributed by atoms with Gasteiger partial charge < -0.3 is 26.0 Å². The molecule has 4 N–H and O–H groups in total. The highest BCUT2D eigenvalue weighted by atomic mass is 35.5. The largest absolute Gasteiger partial charge is 0.389 e. The number of aliphatic hydroxyl groups is 1. The summed E-state index contributed by atoms with van der Waals surface area (Å²) in [7, 11) is 0. The van der Waals surface area contributed by atoms with E-state index in [-0.39, 0.29) is 12.1 Å². The van der Waals surface area contributed by atoms with Crippen LogP contribution in [0.25, 0.3) is 0 Å². The van der Waals surface area contributed by atoms with Crippen LogP contribution in [0, 0.1) is 11.8 Å². The summed E-state index contributed by atoms with van der Waals surface area (Å²) in [5.41, 5.74) is -0.123. The Hall–Kier alpha value is -2.59.